The molecule has 1 unspecified atom stereocenters. The van der Waals surface area contributed by atoms with Crippen LogP contribution in [0.15, 0.2) is 18.2 Å². The third-order valence-electron chi connectivity index (χ3n) is 2.32. The van der Waals surface area contributed by atoms with Gasteiger partial charge >= 0.3 is 6.18 Å². The minimum absolute atomic E-state index is 0.172. The highest BCUT2D eigenvalue weighted by atomic mass is 19.4. The Bertz CT molecular complexity index is 387. The van der Waals surface area contributed by atoms with Crippen molar-refractivity contribution in [3.8, 4) is 0 Å². The molecule has 0 N–H and O–H groups in total. The number of pyridine rings is 1. The Morgan fingerprint density at radius 2 is 2.06 bits per heavy atom. The van der Waals surface area contributed by atoms with Gasteiger partial charge in [-0.05, 0) is 25.5 Å². The van der Waals surface area contributed by atoms with E-state index >= 15 is 0 Å². The molecule has 0 saturated carbocycles. The number of ketones is 1. The van der Waals surface area contributed by atoms with Gasteiger partial charge in [-0.25, -0.2) is 4.98 Å². The van der Waals surface area contributed by atoms with Gasteiger partial charge in [-0.2, -0.15) is 13.2 Å². The van der Waals surface area contributed by atoms with E-state index in [4.69, 9.17) is 0 Å². The minimum atomic E-state index is -4.47. The van der Waals surface area contributed by atoms with Crippen LogP contribution in [0.25, 0.3) is 0 Å². The van der Waals surface area contributed by atoms with Crippen molar-refractivity contribution in [3.63, 3.8) is 0 Å². The second-order valence-corrected chi connectivity index (χ2v) is 3.52. The molecule has 16 heavy (non-hydrogen) atoms. The quantitative estimate of drug-likeness (QED) is 0.799. The van der Waals surface area contributed by atoms with E-state index in [1.165, 1.54) is 19.1 Å². The Morgan fingerprint density at radius 3 is 2.50 bits per heavy atom. The molecule has 1 rings (SSSR count). The van der Waals surface area contributed by atoms with Crippen molar-refractivity contribution in [2.45, 2.75) is 32.4 Å². The Kier molecular flexibility index (Phi) is 3.67. The first kappa shape index (κ1) is 12.7. The molecule has 0 spiro atoms. The van der Waals surface area contributed by atoms with Crippen molar-refractivity contribution in [2.75, 3.05) is 0 Å². The summed E-state index contributed by atoms with van der Waals surface area (Å²) >= 11 is 0. The van der Waals surface area contributed by atoms with Crippen LogP contribution in [0.1, 0.15) is 37.6 Å². The molecule has 0 bridgehead atoms. The van der Waals surface area contributed by atoms with Crippen molar-refractivity contribution in [1.82, 2.24) is 4.98 Å². The van der Waals surface area contributed by atoms with Gasteiger partial charge in [0.25, 0.3) is 0 Å². The van der Waals surface area contributed by atoms with Crippen molar-refractivity contribution < 1.29 is 18.0 Å². The molecule has 0 amide bonds. The number of hydrogen-bond acceptors (Lipinski definition) is 2. The van der Waals surface area contributed by atoms with Gasteiger partial charge in [-0.3, -0.25) is 4.79 Å². The van der Waals surface area contributed by atoms with Gasteiger partial charge in [0.2, 0.25) is 0 Å². The number of carbonyl (C=O) groups is 1. The molecule has 1 heterocycles. The molecule has 0 radical (unpaired) electrons. The van der Waals surface area contributed by atoms with Crippen LogP contribution in [0.4, 0.5) is 13.2 Å². The van der Waals surface area contributed by atoms with Crippen molar-refractivity contribution >= 4 is 5.78 Å². The fraction of sp³-hybridized carbons (Fsp3) is 0.455. The highest BCUT2D eigenvalue weighted by molar-refractivity contribution is 5.82. The van der Waals surface area contributed by atoms with Crippen LogP contribution < -0.4 is 0 Å². The van der Waals surface area contributed by atoms with Crippen LogP contribution >= 0.6 is 0 Å². The van der Waals surface area contributed by atoms with Crippen LogP contribution in [-0.4, -0.2) is 10.8 Å². The largest absolute Gasteiger partial charge is 0.433 e. The van der Waals surface area contributed by atoms with E-state index in [1.807, 2.05) is 0 Å². The summed E-state index contributed by atoms with van der Waals surface area (Å²) < 4.78 is 37.2. The molecule has 2 nitrogen and oxygen atoms in total. The molecule has 0 aliphatic rings. The van der Waals surface area contributed by atoms with Gasteiger partial charge in [-0.1, -0.05) is 13.0 Å². The predicted molar refractivity (Wildman–Crippen MR) is 53.0 cm³/mol. The minimum Gasteiger partial charge on any atom is -0.299 e. The third kappa shape index (κ3) is 2.81. The molecular formula is C11H12F3NO. The smallest absolute Gasteiger partial charge is 0.299 e. The van der Waals surface area contributed by atoms with Gasteiger partial charge in [0.1, 0.15) is 11.5 Å². The molecule has 1 aromatic rings. The maximum Gasteiger partial charge on any atom is 0.433 e. The molecule has 1 aromatic heterocycles. The molecule has 0 fully saturated rings. The Hall–Kier alpha value is -1.39. The molecule has 0 saturated heterocycles. The Balaban J connectivity index is 3.11. The lowest BCUT2D eigenvalue weighted by Crippen LogP contribution is -2.14. The van der Waals surface area contributed by atoms with Gasteiger partial charge in [-0.15, -0.1) is 0 Å². The summed E-state index contributed by atoms with van der Waals surface area (Å²) in [7, 11) is 0. The first-order chi connectivity index (χ1) is 7.36. The van der Waals surface area contributed by atoms with Crippen LogP contribution in [0.5, 0.6) is 0 Å². The van der Waals surface area contributed by atoms with Crippen LogP contribution in [0, 0.1) is 0 Å². The maximum atomic E-state index is 12.4. The molecule has 0 aromatic carbocycles. The normalized spacial score (nSPS) is 13.6. The van der Waals surface area contributed by atoms with Crippen LogP contribution in [0.2, 0.25) is 0 Å². The summed E-state index contributed by atoms with van der Waals surface area (Å²) in [6.45, 7) is 3.10. The van der Waals surface area contributed by atoms with Gasteiger partial charge < -0.3 is 0 Å². The zero-order valence-corrected chi connectivity index (χ0v) is 9.01. The predicted octanol–water partition coefficient (Wildman–Crippen LogP) is 3.18. The van der Waals surface area contributed by atoms with E-state index in [-0.39, 0.29) is 11.5 Å². The second kappa shape index (κ2) is 4.63. The van der Waals surface area contributed by atoms with Crippen LogP contribution in [0.3, 0.4) is 0 Å². The van der Waals surface area contributed by atoms with Gasteiger partial charge in [0.05, 0.1) is 11.6 Å². The SMILES string of the molecule is CCC(C(C)=O)c1cccc(C(F)(F)F)n1. The fourth-order valence-corrected chi connectivity index (χ4v) is 1.51. The lowest BCUT2D eigenvalue weighted by molar-refractivity contribution is -0.141. The average Bonchev–Trinajstić information content (AvgIpc) is 2.17. The number of carbonyl (C=O) groups excluding carboxylic acids is 1. The lowest BCUT2D eigenvalue weighted by atomic mass is 9.97. The first-order valence-corrected chi connectivity index (χ1v) is 4.91. The molecule has 1 atom stereocenters. The number of aromatic nitrogens is 1. The van der Waals surface area contributed by atoms with Crippen molar-refractivity contribution in [3.05, 3.63) is 29.6 Å². The monoisotopic (exact) mass is 231 g/mol. The number of hydrogen-bond donors (Lipinski definition) is 0. The summed E-state index contributed by atoms with van der Waals surface area (Å²) in [5.74, 6) is -0.725. The summed E-state index contributed by atoms with van der Waals surface area (Å²) in [4.78, 5) is 14.7. The van der Waals surface area contributed by atoms with Crippen molar-refractivity contribution in [1.29, 1.82) is 0 Å². The van der Waals surface area contributed by atoms with Gasteiger partial charge in [0.15, 0.2) is 0 Å². The fourth-order valence-electron chi connectivity index (χ4n) is 1.51. The van der Waals surface area contributed by atoms with E-state index in [2.05, 4.69) is 4.98 Å². The maximum absolute atomic E-state index is 12.4. The van der Waals surface area contributed by atoms with E-state index < -0.39 is 17.8 Å². The summed E-state index contributed by atoms with van der Waals surface area (Å²) in [6.07, 6.45) is -4.02. The van der Waals surface area contributed by atoms with Crippen LogP contribution in [-0.2, 0) is 11.0 Å². The molecule has 5 heteroatoms. The standard InChI is InChI=1S/C11H12F3NO/c1-3-8(7(2)16)9-5-4-6-10(15-9)11(12,13)14/h4-6,8H,3H2,1-2H3. The highest BCUT2D eigenvalue weighted by Gasteiger charge is 2.33. The summed E-state index contributed by atoms with van der Waals surface area (Å²) in [5.41, 5.74) is -0.769. The Morgan fingerprint density at radius 1 is 1.44 bits per heavy atom. The van der Waals surface area contributed by atoms with Gasteiger partial charge in [0, 0.05) is 0 Å². The van der Waals surface area contributed by atoms with E-state index in [0.29, 0.717) is 6.42 Å². The topological polar surface area (TPSA) is 30.0 Å². The number of Topliss-reactive ketones (excluding diaryl/α,β-unsaturated/α-hetero) is 1. The highest BCUT2D eigenvalue weighted by Crippen LogP contribution is 2.29. The second-order valence-electron chi connectivity index (χ2n) is 3.52. The van der Waals surface area contributed by atoms with Crippen molar-refractivity contribution in [2.24, 2.45) is 0 Å². The number of nitrogens with zero attached hydrogens (tertiary/aromatic N) is 1. The number of alkyl halides is 3. The molecule has 0 aliphatic carbocycles. The van der Waals surface area contributed by atoms with E-state index in [0.717, 1.165) is 6.07 Å². The van der Waals surface area contributed by atoms with E-state index in [9.17, 15) is 18.0 Å². The summed E-state index contributed by atoms with van der Waals surface area (Å²) in [5, 5.41) is 0. The Labute approximate surface area is 91.5 Å². The molecular weight excluding hydrogens is 219 g/mol. The average molecular weight is 231 g/mol. The first-order valence-electron chi connectivity index (χ1n) is 4.91. The zero-order chi connectivity index (χ0) is 12.3. The third-order valence-corrected chi connectivity index (χ3v) is 2.32. The zero-order valence-electron chi connectivity index (χ0n) is 9.01. The molecule has 88 valence electrons. The number of halogens is 3. The molecule has 0 aliphatic heterocycles. The number of rotatable bonds is 3. The lowest BCUT2D eigenvalue weighted by Gasteiger charge is -2.13. The van der Waals surface area contributed by atoms with E-state index in [1.54, 1.807) is 6.92 Å². The summed E-state index contributed by atoms with van der Waals surface area (Å²) in [6, 6.07) is 3.62.